The number of allylic oxidation sites excluding steroid dienone is 1. The van der Waals surface area contributed by atoms with Crippen LogP contribution < -0.4 is 0 Å². The van der Waals surface area contributed by atoms with Crippen molar-refractivity contribution in [1.82, 2.24) is 0 Å². The smallest absolute Gasteiger partial charge is 0.334 e. The van der Waals surface area contributed by atoms with Gasteiger partial charge in [0.15, 0.2) is 0 Å². The lowest BCUT2D eigenvalue weighted by Crippen LogP contribution is -2.39. The van der Waals surface area contributed by atoms with Gasteiger partial charge in [-0.2, -0.15) is 0 Å². The van der Waals surface area contributed by atoms with Crippen molar-refractivity contribution in [3.05, 3.63) is 45.5 Å². The molecular formula is C12H12N2O5. The molecule has 7 nitrogen and oxygen atoms in total. The number of hydrogen-bond acceptors (Lipinski definition) is 5. The Balaban J connectivity index is 2.63. The lowest BCUT2D eigenvalue weighted by Gasteiger charge is -2.24. The number of aliphatic carboxylic acids is 1. The third-order valence-electron chi connectivity index (χ3n) is 3.10. The van der Waals surface area contributed by atoms with E-state index in [0.29, 0.717) is 0 Å². The Labute approximate surface area is 108 Å². The van der Waals surface area contributed by atoms with Gasteiger partial charge in [0, 0.05) is 10.6 Å². The Morgan fingerprint density at radius 2 is 2.21 bits per heavy atom. The molecule has 1 N–H and O–H groups in total. The van der Waals surface area contributed by atoms with Crippen molar-refractivity contribution in [3.63, 3.8) is 0 Å². The highest BCUT2D eigenvalue weighted by Gasteiger charge is 2.45. The summed E-state index contributed by atoms with van der Waals surface area (Å²) in [6, 6.07) is 1.89. The van der Waals surface area contributed by atoms with Gasteiger partial charge in [-0.25, -0.2) is 4.79 Å². The molecule has 0 radical (unpaired) electrons. The van der Waals surface area contributed by atoms with Crippen LogP contribution in [0.15, 0.2) is 39.1 Å². The van der Waals surface area contributed by atoms with Crippen LogP contribution in [0, 0.1) is 10.1 Å². The monoisotopic (exact) mass is 264 g/mol. The number of carbonyl (C=O) groups is 1. The van der Waals surface area contributed by atoms with E-state index < -0.39 is 22.9 Å². The van der Waals surface area contributed by atoms with Gasteiger partial charge in [0.05, 0.1) is 17.5 Å². The fourth-order valence-corrected chi connectivity index (χ4v) is 2.34. The highest BCUT2D eigenvalue weighted by Crippen LogP contribution is 2.36. The first-order valence-electron chi connectivity index (χ1n) is 5.59. The molecule has 2 heterocycles. The van der Waals surface area contributed by atoms with Crippen LogP contribution in [0.25, 0.3) is 0 Å². The van der Waals surface area contributed by atoms with Gasteiger partial charge in [-0.15, -0.1) is 0 Å². The molecule has 1 aromatic rings. The zero-order chi connectivity index (χ0) is 14.2. The van der Waals surface area contributed by atoms with Crippen molar-refractivity contribution >= 4 is 11.7 Å². The average Bonchev–Trinajstić information content (AvgIpc) is 2.79. The van der Waals surface area contributed by atoms with Crippen LogP contribution in [-0.2, 0) is 4.79 Å². The van der Waals surface area contributed by atoms with Gasteiger partial charge in [-0.3, -0.25) is 15.1 Å². The molecular weight excluding hydrogens is 252 g/mol. The average molecular weight is 264 g/mol. The van der Waals surface area contributed by atoms with Crippen LogP contribution >= 0.6 is 0 Å². The second kappa shape index (κ2) is 4.68. The van der Waals surface area contributed by atoms with E-state index >= 15 is 0 Å². The summed E-state index contributed by atoms with van der Waals surface area (Å²) in [4.78, 5) is 26.0. The van der Waals surface area contributed by atoms with Crippen LogP contribution in [0.3, 0.4) is 0 Å². The van der Waals surface area contributed by atoms with Gasteiger partial charge in [-0.05, 0) is 26.0 Å². The Morgan fingerprint density at radius 1 is 1.53 bits per heavy atom. The van der Waals surface area contributed by atoms with Gasteiger partial charge < -0.3 is 9.52 Å². The largest absolute Gasteiger partial charge is 0.478 e. The van der Waals surface area contributed by atoms with Crippen molar-refractivity contribution in [2.75, 3.05) is 0 Å². The molecule has 0 spiro atoms. The van der Waals surface area contributed by atoms with Gasteiger partial charge in [0.1, 0.15) is 11.7 Å². The number of hydrogen-bond donors (Lipinski definition) is 1. The number of nitrogens with zero attached hydrogens (tertiary/aromatic N) is 2. The first-order valence-corrected chi connectivity index (χ1v) is 5.59. The molecule has 0 fully saturated rings. The first kappa shape index (κ1) is 13.0. The van der Waals surface area contributed by atoms with Crippen molar-refractivity contribution in [2.45, 2.75) is 25.8 Å². The van der Waals surface area contributed by atoms with E-state index in [4.69, 9.17) is 4.42 Å². The predicted molar refractivity (Wildman–Crippen MR) is 65.7 cm³/mol. The second-order valence-corrected chi connectivity index (χ2v) is 4.28. The number of furan rings is 1. The summed E-state index contributed by atoms with van der Waals surface area (Å²) < 4.78 is 5.17. The van der Waals surface area contributed by atoms with E-state index in [1.54, 1.807) is 6.07 Å². The van der Waals surface area contributed by atoms with E-state index in [-0.39, 0.29) is 22.7 Å². The summed E-state index contributed by atoms with van der Waals surface area (Å²) in [7, 11) is 0. The highest BCUT2D eigenvalue weighted by atomic mass is 16.6. The van der Waals surface area contributed by atoms with Crippen LogP contribution in [0.1, 0.15) is 25.5 Å². The van der Waals surface area contributed by atoms with Crippen molar-refractivity contribution in [3.8, 4) is 0 Å². The Kier molecular flexibility index (Phi) is 3.20. The fraction of sp³-hybridized carbons (Fsp3) is 0.333. The summed E-state index contributed by atoms with van der Waals surface area (Å²) in [5, 5.41) is 20.5. The molecule has 7 heteroatoms. The molecule has 0 aliphatic carbocycles. The minimum absolute atomic E-state index is 0.0951. The van der Waals surface area contributed by atoms with Gasteiger partial charge >= 0.3 is 5.97 Å². The van der Waals surface area contributed by atoms with E-state index in [1.165, 1.54) is 26.2 Å². The third-order valence-corrected chi connectivity index (χ3v) is 3.10. The standard InChI is InChI=1S/C12H12N2O5/c1-6-9(12(15)16)10(8-4-3-5-19-8)11(14(17)18)7(2)13-6/h3-5,10-11H,1-2H3,(H,15,16). The number of rotatable bonds is 3. The summed E-state index contributed by atoms with van der Waals surface area (Å²) in [5.74, 6) is -1.92. The molecule has 19 heavy (non-hydrogen) atoms. The molecule has 100 valence electrons. The Hall–Kier alpha value is -2.44. The van der Waals surface area contributed by atoms with E-state index in [2.05, 4.69) is 4.99 Å². The molecule has 2 unspecified atom stereocenters. The maximum absolute atomic E-state index is 11.4. The lowest BCUT2D eigenvalue weighted by atomic mass is 9.83. The summed E-state index contributed by atoms with van der Waals surface area (Å²) in [5.41, 5.74) is 0.445. The summed E-state index contributed by atoms with van der Waals surface area (Å²) >= 11 is 0. The van der Waals surface area contributed by atoms with E-state index in [0.717, 1.165) is 0 Å². The van der Waals surface area contributed by atoms with Crippen LogP contribution in [0.4, 0.5) is 0 Å². The highest BCUT2D eigenvalue weighted by molar-refractivity contribution is 5.97. The molecule has 0 saturated heterocycles. The summed E-state index contributed by atoms with van der Waals surface area (Å²) in [6.07, 6.45) is 1.36. The maximum atomic E-state index is 11.4. The van der Waals surface area contributed by atoms with Crippen LogP contribution in [-0.4, -0.2) is 27.8 Å². The van der Waals surface area contributed by atoms with Gasteiger partial charge in [0.2, 0.25) is 0 Å². The summed E-state index contributed by atoms with van der Waals surface area (Å²) in [6.45, 7) is 3.05. The molecule has 1 aliphatic heterocycles. The van der Waals surface area contributed by atoms with Crippen LogP contribution in [0.5, 0.6) is 0 Å². The molecule has 1 aliphatic rings. The molecule has 2 atom stereocenters. The quantitative estimate of drug-likeness (QED) is 0.662. The minimum Gasteiger partial charge on any atom is -0.478 e. The van der Waals surface area contributed by atoms with Crippen molar-refractivity contribution < 1.29 is 19.2 Å². The number of nitro groups is 1. The molecule has 0 bridgehead atoms. The lowest BCUT2D eigenvalue weighted by molar-refractivity contribution is -0.506. The first-order chi connectivity index (χ1) is 8.93. The SMILES string of the molecule is CC1=NC(C)=C(C(=O)O)C(c2ccco2)C1[N+](=O)[O-]. The normalized spacial score (nSPS) is 23.2. The zero-order valence-electron chi connectivity index (χ0n) is 10.4. The molecule has 0 aromatic carbocycles. The second-order valence-electron chi connectivity index (χ2n) is 4.28. The van der Waals surface area contributed by atoms with Crippen molar-refractivity contribution in [2.24, 2.45) is 4.99 Å². The number of aliphatic imine (C=N–C) groups is 1. The predicted octanol–water partition coefficient (Wildman–Crippen LogP) is 1.84. The van der Waals surface area contributed by atoms with E-state index in [1.807, 2.05) is 0 Å². The fourth-order valence-electron chi connectivity index (χ4n) is 2.34. The molecule has 0 amide bonds. The maximum Gasteiger partial charge on any atom is 0.334 e. The third kappa shape index (κ3) is 2.14. The molecule has 0 saturated carbocycles. The van der Waals surface area contributed by atoms with Crippen molar-refractivity contribution in [1.29, 1.82) is 0 Å². The number of carboxylic acids is 1. The van der Waals surface area contributed by atoms with Gasteiger partial charge in [-0.1, -0.05) is 0 Å². The minimum atomic E-state index is -1.22. The van der Waals surface area contributed by atoms with E-state index in [9.17, 15) is 20.0 Å². The Bertz CT molecular complexity index is 585. The zero-order valence-corrected chi connectivity index (χ0v) is 10.4. The van der Waals surface area contributed by atoms with Crippen LogP contribution in [0.2, 0.25) is 0 Å². The number of carboxylic acid groups (broad SMARTS) is 1. The molecule has 1 aromatic heterocycles. The molecule has 2 rings (SSSR count). The van der Waals surface area contributed by atoms with Gasteiger partial charge in [0.25, 0.3) is 6.04 Å². The topological polar surface area (TPSA) is 106 Å². The Morgan fingerprint density at radius 3 is 2.68 bits per heavy atom.